The van der Waals surface area contributed by atoms with Crippen LogP contribution in [0.3, 0.4) is 0 Å². The van der Waals surface area contributed by atoms with E-state index in [1.54, 1.807) is 0 Å². The largest absolute Gasteiger partial charge is 2.00 e. The smallest absolute Gasteiger partial charge is 0.356 e. The van der Waals surface area contributed by atoms with Gasteiger partial charge in [-0.05, 0) is 19.9 Å². The maximum absolute atomic E-state index is 13.1. The average molecular weight is 385 g/mol. The van der Waals surface area contributed by atoms with Gasteiger partial charge in [0.2, 0.25) is 0 Å². The number of halogens is 1. The molecule has 14 heteroatoms. The Balaban J connectivity index is -0.000000374. The molecule has 12 nitrogen and oxygen atoms in total. The summed E-state index contributed by atoms with van der Waals surface area (Å²) < 4.78 is 13.1. The molecule has 0 saturated heterocycles. The van der Waals surface area contributed by atoms with E-state index < -0.39 is 26.7 Å². The first kappa shape index (κ1) is 25.1. The molecule has 0 fully saturated rings. The summed E-state index contributed by atoms with van der Waals surface area (Å²) >= 11 is 0. The third-order valence-electron chi connectivity index (χ3n) is 1.86. The van der Waals surface area contributed by atoms with E-state index in [0.29, 0.717) is 0 Å². The molecule has 0 unspecified atom stereocenters. The minimum atomic E-state index is -1.75. The molecule has 0 heterocycles. The summed E-state index contributed by atoms with van der Waals surface area (Å²) in [7, 11) is 0. The number of carbonyl (C=O) groups excluding carboxylic acids is 1. The van der Waals surface area contributed by atoms with E-state index in [0.717, 1.165) is 19.1 Å². The first-order valence-electron chi connectivity index (χ1n) is 4.98. The van der Waals surface area contributed by atoms with E-state index >= 15 is 0 Å². The molecule has 23 heavy (non-hydrogen) atoms. The fourth-order valence-corrected chi connectivity index (χ4v) is 1.13. The van der Waals surface area contributed by atoms with Gasteiger partial charge in [0.15, 0.2) is 5.78 Å². The van der Waals surface area contributed by atoms with Gasteiger partial charge in [0.05, 0.1) is 20.7 Å². The molecule has 0 aromatic heterocycles. The summed E-state index contributed by atoms with van der Waals surface area (Å²) in [6.07, 6.45) is 0. The summed E-state index contributed by atoms with van der Waals surface area (Å²) in [5.74, 6) is -1.24. The Kier molecular flexibility index (Phi) is 12.8. The van der Waals surface area contributed by atoms with Gasteiger partial charge in [-0.2, -0.15) is 0 Å². The maximum Gasteiger partial charge on any atom is 2.00 e. The van der Waals surface area contributed by atoms with Gasteiger partial charge in [-0.1, -0.05) is 0 Å². The Morgan fingerprint density at radius 1 is 1.00 bits per heavy atom. The first-order chi connectivity index (χ1) is 9.89. The molecule has 1 aromatic carbocycles. The first-order valence-corrected chi connectivity index (χ1v) is 4.98. The van der Waals surface area contributed by atoms with Gasteiger partial charge in [-0.25, -0.2) is 4.39 Å². The van der Waals surface area contributed by atoms with Crippen LogP contribution in [0.2, 0.25) is 0 Å². The molecule has 0 aliphatic rings. The average Bonchev–Trinajstić information content (AvgIpc) is 2.25. The van der Waals surface area contributed by atoms with Gasteiger partial charge in [-0.3, -0.25) is 14.9 Å². The Morgan fingerprint density at radius 3 is 1.61 bits per heavy atom. The fourth-order valence-electron chi connectivity index (χ4n) is 1.13. The van der Waals surface area contributed by atoms with Crippen molar-refractivity contribution in [2.24, 2.45) is 0 Å². The summed E-state index contributed by atoms with van der Waals surface area (Å²) in [6.45, 7) is 2.59. The summed E-state index contributed by atoms with van der Waals surface area (Å²) in [5, 5.41) is 40.0. The van der Waals surface area contributed by atoms with E-state index in [-0.39, 0.29) is 33.9 Å². The molecule has 0 amide bonds. The molecular weight excluding hydrogens is 377 g/mol. The molecule has 0 aliphatic carbocycles. The number of hydrogen-bond donors (Lipinski definition) is 0. The zero-order valence-electron chi connectivity index (χ0n) is 11.4. The summed E-state index contributed by atoms with van der Waals surface area (Å²) in [5.41, 5.74) is -0.281. The van der Waals surface area contributed by atoms with Crippen molar-refractivity contribution in [2.45, 2.75) is 13.8 Å². The van der Waals surface area contributed by atoms with Crippen LogP contribution in [0.15, 0.2) is 12.1 Å². The second-order valence-corrected chi connectivity index (χ2v) is 3.38. The van der Waals surface area contributed by atoms with Crippen molar-refractivity contribution in [3.8, 4) is 0 Å². The van der Waals surface area contributed by atoms with Gasteiger partial charge in [-0.15, -0.1) is 0 Å². The number of ketones is 1. The van der Waals surface area contributed by atoms with Crippen LogP contribution >= 0.6 is 0 Å². The van der Waals surface area contributed by atoms with Crippen LogP contribution in [0, 0.1) is 53.5 Å². The molecular formula is C9H8CuFN3O9. The molecule has 0 N–H and O–H groups in total. The van der Waals surface area contributed by atoms with Gasteiger partial charge in [0.1, 0.15) is 5.82 Å². The number of benzene rings is 1. The maximum atomic E-state index is 13.1. The Labute approximate surface area is 137 Å². The zero-order chi connectivity index (χ0) is 18.0. The van der Waals surface area contributed by atoms with E-state index in [9.17, 15) is 19.3 Å². The number of Topliss-reactive ketones (excluding diaryl/α,β-unsaturated/α-hetero) is 1. The molecule has 131 valence electrons. The second-order valence-electron chi connectivity index (χ2n) is 3.38. The molecule has 0 atom stereocenters. The number of nitro benzene ring substituents is 1. The normalized spacial score (nSPS) is 8.13. The number of hydrogen-bond acceptors (Lipinski definition) is 9. The van der Waals surface area contributed by atoms with E-state index in [4.69, 9.17) is 30.6 Å². The molecule has 0 saturated carbocycles. The van der Waals surface area contributed by atoms with Gasteiger partial charge < -0.3 is 30.6 Å². The summed E-state index contributed by atoms with van der Waals surface area (Å²) in [6, 6.07) is 1.96. The number of rotatable bonds is 2. The predicted molar refractivity (Wildman–Crippen MR) is 68.5 cm³/mol. The molecule has 1 aromatic rings. The van der Waals surface area contributed by atoms with Gasteiger partial charge in [0, 0.05) is 11.6 Å². The van der Waals surface area contributed by atoms with E-state index in [2.05, 4.69) is 0 Å². The van der Waals surface area contributed by atoms with Crippen molar-refractivity contribution in [1.29, 1.82) is 0 Å². The van der Waals surface area contributed by atoms with Gasteiger partial charge >= 0.3 is 17.1 Å². The third-order valence-corrected chi connectivity index (χ3v) is 1.86. The van der Waals surface area contributed by atoms with E-state index in [1.165, 1.54) is 6.92 Å². The van der Waals surface area contributed by atoms with Crippen LogP contribution in [0.1, 0.15) is 22.8 Å². The van der Waals surface area contributed by atoms with Crippen molar-refractivity contribution >= 4 is 11.5 Å². The fraction of sp³-hybridized carbons (Fsp3) is 0.222. The minimum Gasteiger partial charge on any atom is -0.356 e. The number of aryl methyl sites for hydroxylation is 1. The quantitative estimate of drug-likeness (QED) is 0.316. The van der Waals surface area contributed by atoms with Crippen LogP contribution in [0.5, 0.6) is 0 Å². The van der Waals surface area contributed by atoms with Crippen LogP contribution < -0.4 is 0 Å². The minimum absolute atomic E-state index is 0. The second kappa shape index (κ2) is 11.8. The van der Waals surface area contributed by atoms with Crippen LogP contribution in [-0.2, 0) is 17.1 Å². The van der Waals surface area contributed by atoms with Gasteiger partial charge in [0.25, 0.3) is 5.69 Å². The topological polar surface area (TPSA) is 193 Å². The van der Waals surface area contributed by atoms with Crippen LogP contribution in [0.25, 0.3) is 0 Å². The molecule has 0 bridgehead atoms. The Morgan fingerprint density at radius 2 is 1.35 bits per heavy atom. The monoisotopic (exact) mass is 384 g/mol. The number of nitro groups is 1. The van der Waals surface area contributed by atoms with Crippen molar-refractivity contribution in [3.05, 3.63) is 69.8 Å². The van der Waals surface area contributed by atoms with Crippen molar-refractivity contribution in [1.82, 2.24) is 0 Å². The molecule has 0 spiro atoms. The van der Waals surface area contributed by atoms with Crippen LogP contribution in [0.4, 0.5) is 10.1 Å². The zero-order valence-corrected chi connectivity index (χ0v) is 12.3. The Bertz CT molecular complexity index is 541. The van der Waals surface area contributed by atoms with E-state index in [1.807, 2.05) is 0 Å². The molecule has 0 aliphatic heterocycles. The molecule has 1 rings (SSSR count). The third kappa shape index (κ3) is 12.6. The number of carbonyl (C=O) groups is 1. The molecule has 1 radical (unpaired) electrons. The van der Waals surface area contributed by atoms with Crippen LogP contribution in [-0.4, -0.2) is 20.9 Å². The Hall–Kier alpha value is -2.86. The summed E-state index contributed by atoms with van der Waals surface area (Å²) in [4.78, 5) is 37.2. The van der Waals surface area contributed by atoms with Crippen molar-refractivity contribution in [2.75, 3.05) is 0 Å². The number of nitrogens with zero attached hydrogens (tertiary/aromatic N) is 3. The predicted octanol–water partition coefficient (Wildman–Crippen LogP) is 1.76. The van der Waals surface area contributed by atoms with Crippen molar-refractivity contribution < 1.29 is 41.4 Å². The standard InChI is InChI=1S/C9H8FNO3.Cu.2NO3/c1-5-3-8(10)7(6(2)12)4-9(5)11(13)14;;2*2-1(3)4/h3-4H,1-2H3;;;/q;+2;2*-1. The SMILES string of the molecule is CC(=O)c1cc([N+](=O)[O-])c(C)cc1F.O=[N+]([O-])[O-].O=[N+]([O-])[O-].[Cu+2]. The van der Waals surface area contributed by atoms with Crippen molar-refractivity contribution in [3.63, 3.8) is 0 Å².